The minimum atomic E-state index is 0.769. The van der Waals surface area contributed by atoms with Crippen molar-refractivity contribution in [3.8, 4) is 0 Å². The monoisotopic (exact) mass is 267 g/mol. The Bertz CT molecular complexity index is 316. The van der Waals surface area contributed by atoms with E-state index in [4.69, 9.17) is 0 Å². The van der Waals surface area contributed by atoms with Gasteiger partial charge >= 0.3 is 0 Å². The van der Waals surface area contributed by atoms with Crippen LogP contribution in [-0.4, -0.2) is 24.5 Å². The van der Waals surface area contributed by atoms with Crippen molar-refractivity contribution in [3.05, 3.63) is 34.3 Å². The van der Waals surface area contributed by atoms with Gasteiger partial charge < -0.3 is 4.90 Å². The molecule has 2 heteroatoms. The van der Waals surface area contributed by atoms with Gasteiger partial charge in [0.2, 0.25) is 0 Å². The normalized spacial score (nSPS) is 19.3. The summed E-state index contributed by atoms with van der Waals surface area (Å²) in [4.78, 5) is 2.54. The molecule has 1 fully saturated rings. The van der Waals surface area contributed by atoms with E-state index in [0.29, 0.717) is 0 Å². The molecule has 1 aliphatic heterocycles. The second-order valence-corrected chi connectivity index (χ2v) is 5.18. The number of likely N-dealkylation sites (tertiary alicyclic amines) is 1. The van der Waals surface area contributed by atoms with Gasteiger partial charge in [-0.15, -0.1) is 0 Å². The van der Waals surface area contributed by atoms with Crippen molar-refractivity contribution in [2.45, 2.75) is 25.7 Å². The number of piperidine rings is 1. The first-order valence-corrected chi connectivity index (χ1v) is 6.56. The molecule has 1 heterocycles. The predicted octanol–water partition coefficient (Wildman–Crippen LogP) is 3.65. The van der Waals surface area contributed by atoms with E-state index in [1.54, 1.807) is 0 Å². The van der Waals surface area contributed by atoms with Crippen molar-refractivity contribution in [1.29, 1.82) is 0 Å². The summed E-state index contributed by atoms with van der Waals surface area (Å²) >= 11 is 3.54. The molecule has 2 rings (SSSR count). The topological polar surface area (TPSA) is 3.24 Å². The third-order valence-corrected chi connectivity index (χ3v) is 3.85. The molecule has 0 bridgehead atoms. The Hall–Kier alpha value is -0.340. The van der Waals surface area contributed by atoms with Crippen LogP contribution >= 0.6 is 15.9 Å². The molecule has 0 spiro atoms. The molecule has 0 N–H and O–H groups in total. The van der Waals surface area contributed by atoms with E-state index in [1.165, 1.54) is 42.5 Å². The molecule has 1 aromatic rings. The van der Waals surface area contributed by atoms with E-state index in [0.717, 1.165) is 5.92 Å². The lowest BCUT2D eigenvalue weighted by Crippen LogP contribution is -2.32. The van der Waals surface area contributed by atoms with Gasteiger partial charge in [-0.25, -0.2) is 0 Å². The number of hydrogen-bond donors (Lipinski definition) is 0. The van der Waals surface area contributed by atoms with Gasteiger partial charge in [-0.2, -0.15) is 0 Å². The zero-order valence-electron chi connectivity index (χ0n) is 9.25. The lowest BCUT2D eigenvalue weighted by Gasteiger charge is -2.31. The van der Waals surface area contributed by atoms with Crippen molar-refractivity contribution in [2.75, 3.05) is 19.6 Å². The minimum absolute atomic E-state index is 0.769. The van der Waals surface area contributed by atoms with Crippen LogP contribution in [0.25, 0.3) is 0 Å². The van der Waals surface area contributed by atoms with Crippen LogP contribution in [0.3, 0.4) is 0 Å². The van der Waals surface area contributed by atoms with Crippen LogP contribution in [0.4, 0.5) is 0 Å². The van der Waals surface area contributed by atoms with Crippen molar-refractivity contribution in [3.63, 3.8) is 0 Å². The van der Waals surface area contributed by atoms with Crippen molar-refractivity contribution in [1.82, 2.24) is 4.90 Å². The van der Waals surface area contributed by atoms with Crippen LogP contribution in [0.5, 0.6) is 0 Å². The van der Waals surface area contributed by atoms with Gasteiger partial charge in [-0.1, -0.05) is 35.0 Å². The average Bonchev–Trinajstić information content (AvgIpc) is 2.29. The van der Waals surface area contributed by atoms with Crippen LogP contribution in [0.2, 0.25) is 0 Å². The van der Waals surface area contributed by atoms with E-state index >= 15 is 0 Å². The highest BCUT2D eigenvalue weighted by Crippen LogP contribution is 2.29. The second-order valence-electron chi connectivity index (χ2n) is 4.26. The van der Waals surface area contributed by atoms with Crippen LogP contribution < -0.4 is 0 Å². The molecule has 82 valence electrons. The molecular weight excluding hydrogens is 250 g/mol. The summed E-state index contributed by atoms with van der Waals surface area (Å²) < 4.78 is 1.21. The summed E-state index contributed by atoms with van der Waals surface area (Å²) in [7, 11) is 0. The van der Waals surface area contributed by atoms with E-state index in [9.17, 15) is 0 Å². The predicted molar refractivity (Wildman–Crippen MR) is 68.2 cm³/mol. The summed E-state index contributed by atoms with van der Waals surface area (Å²) in [5.74, 6) is 0.769. The van der Waals surface area contributed by atoms with Gasteiger partial charge in [0.25, 0.3) is 0 Å². The fourth-order valence-electron chi connectivity index (χ4n) is 2.34. The molecule has 0 saturated carbocycles. The molecule has 0 aromatic heterocycles. The molecule has 0 aliphatic carbocycles. The number of benzene rings is 1. The maximum absolute atomic E-state index is 3.54. The second kappa shape index (κ2) is 5.13. The number of nitrogens with zero attached hydrogens (tertiary/aromatic N) is 1. The van der Waals surface area contributed by atoms with Gasteiger partial charge in [-0.05, 0) is 56.1 Å². The smallest absolute Gasteiger partial charge is 0.0178 e. The highest BCUT2D eigenvalue weighted by Gasteiger charge is 2.19. The summed E-state index contributed by atoms with van der Waals surface area (Å²) in [5, 5.41) is 0. The quantitative estimate of drug-likeness (QED) is 0.791. The fraction of sp³-hybridized carbons (Fsp3) is 0.538. The molecule has 15 heavy (non-hydrogen) atoms. The molecule has 1 saturated heterocycles. The van der Waals surface area contributed by atoms with Crippen molar-refractivity contribution in [2.24, 2.45) is 0 Å². The molecule has 1 nitrogen and oxygen atoms in total. The fourth-order valence-corrected chi connectivity index (χ4v) is 2.76. The first-order chi connectivity index (χ1) is 7.29. The standard InChI is InChI=1S/C13H18BrN/c1-2-15-8-6-11(7-9-15)12-4-3-5-13(14)10-12/h3-5,10-11H,2,6-9H2,1H3. The molecule has 0 radical (unpaired) electrons. The Morgan fingerprint density at radius 1 is 1.33 bits per heavy atom. The minimum Gasteiger partial charge on any atom is -0.304 e. The van der Waals surface area contributed by atoms with Gasteiger partial charge in [-0.3, -0.25) is 0 Å². The molecule has 1 aliphatic rings. The summed E-state index contributed by atoms with van der Waals surface area (Å²) in [5.41, 5.74) is 1.50. The largest absolute Gasteiger partial charge is 0.304 e. The Labute approximate surface area is 101 Å². The highest BCUT2D eigenvalue weighted by atomic mass is 79.9. The van der Waals surface area contributed by atoms with E-state index in [-0.39, 0.29) is 0 Å². The number of halogens is 1. The zero-order valence-corrected chi connectivity index (χ0v) is 10.8. The summed E-state index contributed by atoms with van der Waals surface area (Å²) in [6.07, 6.45) is 2.62. The van der Waals surface area contributed by atoms with E-state index in [1.807, 2.05) is 0 Å². The lowest BCUT2D eigenvalue weighted by molar-refractivity contribution is 0.222. The molecule has 0 atom stereocenters. The van der Waals surface area contributed by atoms with Gasteiger partial charge in [0.15, 0.2) is 0 Å². The van der Waals surface area contributed by atoms with E-state index < -0.39 is 0 Å². The maximum atomic E-state index is 3.54. The van der Waals surface area contributed by atoms with Crippen LogP contribution in [-0.2, 0) is 0 Å². The van der Waals surface area contributed by atoms with Gasteiger partial charge in [0, 0.05) is 4.47 Å². The first-order valence-electron chi connectivity index (χ1n) is 5.77. The first kappa shape index (κ1) is 11.2. The Kier molecular flexibility index (Phi) is 3.81. The SMILES string of the molecule is CCN1CCC(c2cccc(Br)c2)CC1. The van der Waals surface area contributed by atoms with Crippen LogP contribution in [0.1, 0.15) is 31.2 Å². The third kappa shape index (κ3) is 2.82. The van der Waals surface area contributed by atoms with Gasteiger partial charge in [0.05, 0.1) is 0 Å². The molecular formula is C13H18BrN. The van der Waals surface area contributed by atoms with Gasteiger partial charge in [0.1, 0.15) is 0 Å². The molecule has 0 unspecified atom stereocenters. The van der Waals surface area contributed by atoms with Crippen molar-refractivity contribution < 1.29 is 0 Å². The maximum Gasteiger partial charge on any atom is 0.0178 e. The number of rotatable bonds is 2. The Morgan fingerprint density at radius 2 is 2.07 bits per heavy atom. The van der Waals surface area contributed by atoms with E-state index in [2.05, 4.69) is 52.0 Å². The summed E-state index contributed by atoms with van der Waals surface area (Å²) in [6.45, 7) is 5.96. The third-order valence-electron chi connectivity index (χ3n) is 3.35. The Morgan fingerprint density at radius 3 is 2.67 bits per heavy atom. The van der Waals surface area contributed by atoms with Crippen LogP contribution in [0.15, 0.2) is 28.7 Å². The lowest BCUT2D eigenvalue weighted by atomic mass is 9.89. The van der Waals surface area contributed by atoms with Crippen LogP contribution in [0, 0.1) is 0 Å². The summed E-state index contributed by atoms with van der Waals surface area (Å²) in [6, 6.07) is 8.78. The van der Waals surface area contributed by atoms with Crippen molar-refractivity contribution >= 4 is 15.9 Å². The Balaban J connectivity index is 2.01. The molecule has 1 aromatic carbocycles. The zero-order chi connectivity index (χ0) is 10.7. The highest BCUT2D eigenvalue weighted by molar-refractivity contribution is 9.10. The molecule has 0 amide bonds. The average molecular weight is 268 g/mol. The number of hydrogen-bond acceptors (Lipinski definition) is 1.